The van der Waals surface area contributed by atoms with Crippen LogP contribution in [0.2, 0.25) is 0 Å². The molecule has 1 aliphatic carbocycles. The van der Waals surface area contributed by atoms with Crippen molar-refractivity contribution in [1.29, 1.82) is 0 Å². The van der Waals surface area contributed by atoms with Crippen molar-refractivity contribution in [3.63, 3.8) is 0 Å². The van der Waals surface area contributed by atoms with Crippen molar-refractivity contribution >= 4 is 28.5 Å². The van der Waals surface area contributed by atoms with E-state index in [1.54, 1.807) is 0 Å². The Kier molecular flexibility index (Phi) is 4.80. The number of benzene rings is 1. The first-order valence-electron chi connectivity index (χ1n) is 6.39. The number of halogens is 1. The molecule has 0 bridgehead atoms. The molecule has 1 N–H and O–H groups in total. The van der Waals surface area contributed by atoms with Gasteiger partial charge in [-0.3, -0.25) is 4.79 Å². The van der Waals surface area contributed by atoms with E-state index in [-0.39, 0.29) is 5.91 Å². The molecule has 0 aliphatic heterocycles. The van der Waals surface area contributed by atoms with E-state index in [2.05, 4.69) is 34.0 Å². The fourth-order valence-corrected chi connectivity index (χ4v) is 3.07. The smallest absolute Gasteiger partial charge is 0.252 e. The topological polar surface area (TPSA) is 29.1 Å². The van der Waals surface area contributed by atoms with Gasteiger partial charge in [-0.1, -0.05) is 23.3 Å². The fourth-order valence-electron chi connectivity index (χ4n) is 2.16. The van der Waals surface area contributed by atoms with E-state index in [9.17, 15) is 4.79 Å². The van der Waals surface area contributed by atoms with Crippen LogP contribution in [0.3, 0.4) is 0 Å². The second-order valence-electron chi connectivity index (χ2n) is 4.77. The number of nitrogens with one attached hydrogen (secondary N) is 1. The van der Waals surface area contributed by atoms with E-state index < -0.39 is 0 Å². The van der Waals surface area contributed by atoms with Crippen LogP contribution in [-0.2, 0) is 0 Å². The molecule has 1 amide bonds. The summed E-state index contributed by atoms with van der Waals surface area (Å²) in [6.45, 7) is 2.74. The Morgan fingerprint density at radius 3 is 2.89 bits per heavy atom. The summed E-state index contributed by atoms with van der Waals surface area (Å²) >= 11 is 2.22. The average Bonchev–Trinajstić information content (AvgIpc) is 2.37. The van der Waals surface area contributed by atoms with Crippen LogP contribution in [-0.4, -0.2) is 12.5 Å². The number of aryl methyl sites for hydroxylation is 1. The third-order valence-corrected chi connectivity index (χ3v) is 4.12. The van der Waals surface area contributed by atoms with Crippen LogP contribution in [0.1, 0.15) is 41.6 Å². The molecule has 1 aromatic carbocycles. The minimum Gasteiger partial charge on any atom is -0.348 e. The summed E-state index contributed by atoms with van der Waals surface area (Å²) in [6, 6.07) is 5.92. The number of hydrogen-bond donors (Lipinski definition) is 1. The summed E-state index contributed by atoms with van der Waals surface area (Å²) in [5.41, 5.74) is 3.33. The van der Waals surface area contributed by atoms with Gasteiger partial charge in [0, 0.05) is 10.1 Å². The lowest BCUT2D eigenvalue weighted by atomic mass is 9.99. The Bertz CT molecular complexity index is 479. The van der Waals surface area contributed by atoms with Crippen molar-refractivity contribution < 1.29 is 4.79 Å². The van der Waals surface area contributed by atoms with Crippen LogP contribution in [0.25, 0.3) is 0 Å². The molecule has 2 rings (SSSR count). The molecule has 2 nitrogen and oxygen atoms in total. The summed E-state index contributed by atoms with van der Waals surface area (Å²) in [4.78, 5) is 12.1. The molecule has 0 saturated heterocycles. The summed E-state index contributed by atoms with van der Waals surface area (Å²) < 4.78 is 1.02. The summed E-state index contributed by atoms with van der Waals surface area (Å²) in [5, 5.41) is 3.02. The summed E-state index contributed by atoms with van der Waals surface area (Å²) in [7, 11) is 0. The Morgan fingerprint density at radius 1 is 1.39 bits per heavy atom. The van der Waals surface area contributed by atoms with Crippen molar-refractivity contribution in [3.8, 4) is 0 Å². The quantitative estimate of drug-likeness (QED) is 0.648. The van der Waals surface area contributed by atoms with Gasteiger partial charge in [0.05, 0.1) is 5.56 Å². The molecular weight excluding hydrogens is 337 g/mol. The van der Waals surface area contributed by atoms with Gasteiger partial charge < -0.3 is 5.32 Å². The second-order valence-corrected chi connectivity index (χ2v) is 5.94. The van der Waals surface area contributed by atoms with Crippen LogP contribution < -0.4 is 5.32 Å². The van der Waals surface area contributed by atoms with Gasteiger partial charge in [0.25, 0.3) is 5.91 Å². The van der Waals surface area contributed by atoms with E-state index in [4.69, 9.17) is 0 Å². The SMILES string of the molecule is Cc1ccc(C(=O)NCC2=CCCCC2)c(I)c1. The largest absolute Gasteiger partial charge is 0.348 e. The van der Waals surface area contributed by atoms with E-state index in [0.29, 0.717) is 6.54 Å². The second kappa shape index (κ2) is 6.36. The van der Waals surface area contributed by atoms with Gasteiger partial charge in [-0.2, -0.15) is 0 Å². The van der Waals surface area contributed by atoms with Gasteiger partial charge >= 0.3 is 0 Å². The normalized spacial score (nSPS) is 15.1. The number of allylic oxidation sites excluding steroid dienone is 1. The standard InChI is InChI=1S/C15H18INO/c1-11-7-8-13(14(16)9-11)15(18)17-10-12-5-3-2-4-6-12/h5,7-9H,2-4,6,10H2,1H3,(H,17,18). The highest BCUT2D eigenvalue weighted by molar-refractivity contribution is 14.1. The molecule has 1 aromatic rings. The van der Waals surface area contributed by atoms with Crippen molar-refractivity contribution in [1.82, 2.24) is 5.32 Å². The molecule has 1 aliphatic rings. The highest BCUT2D eigenvalue weighted by Crippen LogP contribution is 2.17. The summed E-state index contributed by atoms with van der Waals surface area (Å²) in [6.07, 6.45) is 7.10. The number of carbonyl (C=O) groups excluding carboxylic acids is 1. The zero-order chi connectivity index (χ0) is 13.0. The highest BCUT2D eigenvalue weighted by atomic mass is 127. The first-order chi connectivity index (χ1) is 8.66. The molecule has 96 valence electrons. The Morgan fingerprint density at radius 2 is 2.22 bits per heavy atom. The third kappa shape index (κ3) is 3.57. The Balaban J connectivity index is 1.97. The van der Waals surface area contributed by atoms with Crippen molar-refractivity contribution in [2.45, 2.75) is 32.6 Å². The number of rotatable bonds is 3. The molecule has 18 heavy (non-hydrogen) atoms. The molecule has 3 heteroatoms. The lowest BCUT2D eigenvalue weighted by Crippen LogP contribution is -2.26. The van der Waals surface area contributed by atoms with Crippen LogP contribution in [0.5, 0.6) is 0 Å². The first-order valence-corrected chi connectivity index (χ1v) is 7.47. The Hall–Kier alpha value is -0.840. The van der Waals surface area contributed by atoms with E-state index >= 15 is 0 Å². The molecular formula is C15H18INO. The minimum atomic E-state index is 0.0332. The molecule has 0 fully saturated rings. The maximum Gasteiger partial charge on any atom is 0.252 e. The van der Waals surface area contributed by atoms with E-state index in [1.807, 2.05) is 25.1 Å². The van der Waals surface area contributed by atoms with E-state index in [0.717, 1.165) is 22.0 Å². The Labute approximate surface area is 122 Å². The van der Waals surface area contributed by atoms with Crippen LogP contribution in [0.15, 0.2) is 29.8 Å². The fraction of sp³-hybridized carbons (Fsp3) is 0.400. The molecule has 0 spiro atoms. The molecule has 0 atom stereocenters. The zero-order valence-corrected chi connectivity index (χ0v) is 12.8. The molecule has 0 unspecified atom stereocenters. The molecule has 0 heterocycles. The number of amides is 1. The van der Waals surface area contributed by atoms with Crippen molar-refractivity contribution in [2.75, 3.05) is 6.54 Å². The van der Waals surface area contributed by atoms with Gasteiger partial charge in [0.15, 0.2) is 0 Å². The third-order valence-electron chi connectivity index (χ3n) is 3.23. The number of hydrogen-bond acceptors (Lipinski definition) is 1. The monoisotopic (exact) mass is 355 g/mol. The lowest BCUT2D eigenvalue weighted by molar-refractivity contribution is 0.0955. The molecule has 0 aromatic heterocycles. The van der Waals surface area contributed by atoms with Crippen LogP contribution in [0.4, 0.5) is 0 Å². The first kappa shape index (κ1) is 13.6. The van der Waals surface area contributed by atoms with Gasteiger partial charge in [-0.05, 0) is 67.3 Å². The van der Waals surface area contributed by atoms with Crippen molar-refractivity contribution in [3.05, 3.63) is 44.5 Å². The van der Waals surface area contributed by atoms with Gasteiger partial charge in [-0.25, -0.2) is 0 Å². The molecule has 0 saturated carbocycles. The lowest BCUT2D eigenvalue weighted by Gasteiger charge is -2.14. The predicted molar refractivity (Wildman–Crippen MR) is 82.8 cm³/mol. The minimum absolute atomic E-state index is 0.0332. The summed E-state index contributed by atoms with van der Waals surface area (Å²) in [5.74, 6) is 0.0332. The number of carbonyl (C=O) groups is 1. The highest BCUT2D eigenvalue weighted by Gasteiger charge is 2.10. The maximum absolute atomic E-state index is 12.1. The van der Waals surface area contributed by atoms with Gasteiger partial charge in [-0.15, -0.1) is 0 Å². The predicted octanol–water partition coefficient (Wildman–Crippen LogP) is 3.83. The van der Waals surface area contributed by atoms with E-state index in [1.165, 1.54) is 24.0 Å². The van der Waals surface area contributed by atoms with Gasteiger partial charge in [0.1, 0.15) is 0 Å². The van der Waals surface area contributed by atoms with Crippen LogP contribution >= 0.6 is 22.6 Å². The van der Waals surface area contributed by atoms with Gasteiger partial charge in [0.2, 0.25) is 0 Å². The average molecular weight is 355 g/mol. The molecule has 0 radical (unpaired) electrons. The maximum atomic E-state index is 12.1. The van der Waals surface area contributed by atoms with Crippen LogP contribution in [0, 0.1) is 10.5 Å². The van der Waals surface area contributed by atoms with Crippen molar-refractivity contribution in [2.24, 2.45) is 0 Å². The zero-order valence-electron chi connectivity index (χ0n) is 10.6.